The number of fused-ring (bicyclic) bond motifs is 1. The first-order valence-corrected chi connectivity index (χ1v) is 6.38. The molecule has 0 aliphatic carbocycles. The molecule has 0 fully saturated rings. The van der Waals surface area contributed by atoms with Crippen LogP contribution < -0.4 is 5.32 Å². The van der Waals surface area contributed by atoms with E-state index in [4.69, 9.17) is 9.84 Å². The number of hydrogen-bond donors (Lipinski definition) is 2. The van der Waals surface area contributed by atoms with Gasteiger partial charge < -0.3 is 15.2 Å². The summed E-state index contributed by atoms with van der Waals surface area (Å²) in [6.45, 7) is 1.61. The number of carbonyl (C=O) groups is 1. The van der Waals surface area contributed by atoms with Gasteiger partial charge in [-0.2, -0.15) is 0 Å². The highest BCUT2D eigenvalue weighted by atomic mass is 19.1. The van der Waals surface area contributed by atoms with Crippen LogP contribution in [0.4, 0.5) is 14.5 Å². The summed E-state index contributed by atoms with van der Waals surface area (Å²) in [5.41, 5.74) is -0.143. The number of aliphatic hydroxyl groups is 1. The molecule has 5 nitrogen and oxygen atoms in total. The van der Waals surface area contributed by atoms with Crippen LogP contribution in [0.5, 0.6) is 0 Å². The van der Waals surface area contributed by atoms with Gasteiger partial charge in [0.2, 0.25) is 0 Å². The summed E-state index contributed by atoms with van der Waals surface area (Å²) in [4.78, 5) is 15.7. The molecule has 0 saturated carbocycles. The SMILES string of the molecule is CCOC(=O)c1cnc2c(F)ccc(F)c2c1NCCO. The number of ether oxygens (including phenoxy) is 1. The number of halogens is 2. The monoisotopic (exact) mass is 296 g/mol. The third-order valence-electron chi connectivity index (χ3n) is 2.83. The Hall–Kier alpha value is -2.28. The van der Waals surface area contributed by atoms with Crippen LogP contribution in [0.1, 0.15) is 17.3 Å². The van der Waals surface area contributed by atoms with Gasteiger partial charge in [0.1, 0.15) is 22.7 Å². The minimum absolute atomic E-state index is 0.0118. The van der Waals surface area contributed by atoms with Crippen LogP contribution in [0.3, 0.4) is 0 Å². The summed E-state index contributed by atoms with van der Waals surface area (Å²) in [5.74, 6) is -2.12. The highest BCUT2D eigenvalue weighted by Gasteiger charge is 2.20. The summed E-state index contributed by atoms with van der Waals surface area (Å²) in [5, 5.41) is 11.5. The molecule has 0 aliphatic rings. The molecule has 0 unspecified atom stereocenters. The second-order valence-corrected chi connectivity index (χ2v) is 4.17. The van der Waals surface area contributed by atoms with Crippen molar-refractivity contribution in [2.75, 3.05) is 25.1 Å². The highest BCUT2D eigenvalue weighted by molar-refractivity contribution is 6.05. The van der Waals surface area contributed by atoms with Crippen molar-refractivity contribution in [2.45, 2.75) is 6.92 Å². The van der Waals surface area contributed by atoms with Crippen LogP contribution in [0.25, 0.3) is 10.9 Å². The highest BCUT2D eigenvalue weighted by Crippen LogP contribution is 2.30. The quantitative estimate of drug-likeness (QED) is 0.827. The molecule has 112 valence electrons. The van der Waals surface area contributed by atoms with E-state index >= 15 is 0 Å². The molecule has 0 bridgehead atoms. The predicted octanol–water partition coefficient (Wildman–Crippen LogP) is 2.09. The third-order valence-corrected chi connectivity index (χ3v) is 2.83. The number of nitrogens with zero attached hydrogens (tertiary/aromatic N) is 1. The van der Waals surface area contributed by atoms with Crippen LogP contribution in [0.15, 0.2) is 18.3 Å². The van der Waals surface area contributed by atoms with Crippen LogP contribution in [-0.4, -0.2) is 35.8 Å². The van der Waals surface area contributed by atoms with Crippen molar-refractivity contribution < 1.29 is 23.4 Å². The van der Waals surface area contributed by atoms with E-state index in [0.717, 1.165) is 18.3 Å². The van der Waals surface area contributed by atoms with Gasteiger partial charge in [0.05, 0.1) is 24.3 Å². The van der Waals surface area contributed by atoms with Gasteiger partial charge in [0.15, 0.2) is 0 Å². The number of aromatic nitrogens is 1. The second kappa shape index (κ2) is 6.45. The van der Waals surface area contributed by atoms with Gasteiger partial charge in [-0.1, -0.05) is 0 Å². The molecule has 1 aromatic heterocycles. The molecule has 2 aromatic rings. The van der Waals surface area contributed by atoms with Crippen molar-refractivity contribution in [3.8, 4) is 0 Å². The minimum Gasteiger partial charge on any atom is -0.462 e. The molecule has 0 atom stereocenters. The first kappa shape index (κ1) is 15.1. The predicted molar refractivity (Wildman–Crippen MR) is 73.2 cm³/mol. The number of aliphatic hydroxyl groups excluding tert-OH is 1. The van der Waals surface area contributed by atoms with Crippen LogP contribution in [0.2, 0.25) is 0 Å². The van der Waals surface area contributed by atoms with Gasteiger partial charge in [-0.15, -0.1) is 0 Å². The van der Waals surface area contributed by atoms with E-state index in [2.05, 4.69) is 10.3 Å². The molecular weight excluding hydrogens is 282 g/mol. The molecular formula is C14H14F2N2O3. The van der Waals surface area contributed by atoms with Crippen molar-refractivity contribution in [1.29, 1.82) is 0 Å². The van der Waals surface area contributed by atoms with E-state index in [1.807, 2.05) is 0 Å². The van der Waals surface area contributed by atoms with Gasteiger partial charge in [-0.3, -0.25) is 4.98 Å². The maximum atomic E-state index is 14.0. The molecule has 2 N–H and O–H groups in total. The first-order valence-electron chi connectivity index (χ1n) is 6.38. The lowest BCUT2D eigenvalue weighted by atomic mass is 10.1. The van der Waals surface area contributed by atoms with Gasteiger partial charge in [0.25, 0.3) is 0 Å². The van der Waals surface area contributed by atoms with Crippen LogP contribution in [-0.2, 0) is 4.74 Å². The van der Waals surface area contributed by atoms with E-state index in [1.165, 1.54) is 0 Å². The number of hydrogen-bond acceptors (Lipinski definition) is 5. The van der Waals surface area contributed by atoms with E-state index in [-0.39, 0.29) is 41.9 Å². The van der Waals surface area contributed by atoms with E-state index in [0.29, 0.717) is 0 Å². The number of nitrogens with one attached hydrogen (secondary N) is 1. The summed E-state index contributed by atoms with van der Waals surface area (Å²) in [6, 6.07) is 1.92. The molecule has 0 amide bonds. The lowest BCUT2D eigenvalue weighted by Gasteiger charge is -2.14. The topological polar surface area (TPSA) is 71.5 Å². The Bertz CT molecular complexity index is 677. The average molecular weight is 296 g/mol. The summed E-state index contributed by atoms with van der Waals surface area (Å²) in [7, 11) is 0. The molecule has 0 radical (unpaired) electrons. The minimum atomic E-state index is -0.717. The Morgan fingerprint density at radius 2 is 2.10 bits per heavy atom. The average Bonchev–Trinajstić information content (AvgIpc) is 2.48. The van der Waals surface area contributed by atoms with Gasteiger partial charge in [0, 0.05) is 12.7 Å². The summed E-state index contributed by atoms with van der Waals surface area (Å²) < 4.78 is 32.6. The first-order chi connectivity index (χ1) is 10.1. The Morgan fingerprint density at radius 3 is 2.76 bits per heavy atom. The molecule has 0 aliphatic heterocycles. The molecule has 1 aromatic carbocycles. The molecule has 0 saturated heterocycles. The Kier molecular flexibility index (Phi) is 4.64. The smallest absolute Gasteiger partial charge is 0.341 e. The van der Waals surface area contributed by atoms with E-state index in [1.54, 1.807) is 6.92 Å². The largest absolute Gasteiger partial charge is 0.462 e. The Labute approximate surface area is 119 Å². The van der Waals surface area contributed by atoms with Crippen LogP contribution in [0, 0.1) is 11.6 Å². The fourth-order valence-electron chi connectivity index (χ4n) is 1.96. The molecule has 1 heterocycles. The zero-order chi connectivity index (χ0) is 15.4. The number of benzene rings is 1. The van der Waals surface area contributed by atoms with Gasteiger partial charge in [-0.05, 0) is 19.1 Å². The molecule has 2 rings (SSSR count). The second-order valence-electron chi connectivity index (χ2n) is 4.17. The van der Waals surface area contributed by atoms with Crippen molar-refractivity contribution in [2.24, 2.45) is 0 Å². The Balaban J connectivity index is 2.69. The maximum Gasteiger partial charge on any atom is 0.341 e. The van der Waals surface area contributed by atoms with Crippen molar-refractivity contribution >= 4 is 22.6 Å². The molecule has 0 spiro atoms. The standard InChI is InChI=1S/C14H14F2N2O3/c1-2-21-14(20)8-7-18-13-10(16)4-3-9(15)11(13)12(8)17-5-6-19/h3-4,7,19H,2,5-6H2,1H3,(H,17,18). The van der Waals surface area contributed by atoms with Gasteiger partial charge >= 0.3 is 5.97 Å². The number of pyridine rings is 1. The third kappa shape index (κ3) is 2.92. The number of rotatable bonds is 5. The molecule has 21 heavy (non-hydrogen) atoms. The maximum absolute atomic E-state index is 14.0. The summed E-state index contributed by atoms with van der Waals surface area (Å²) in [6.07, 6.45) is 1.13. The van der Waals surface area contributed by atoms with Gasteiger partial charge in [-0.25, -0.2) is 13.6 Å². The Morgan fingerprint density at radius 1 is 1.38 bits per heavy atom. The zero-order valence-corrected chi connectivity index (χ0v) is 11.3. The van der Waals surface area contributed by atoms with Crippen molar-refractivity contribution in [3.05, 3.63) is 35.5 Å². The normalized spacial score (nSPS) is 10.7. The molecule has 7 heteroatoms. The lowest BCUT2D eigenvalue weighted by Crippen LogP contribution is -2.14. The lowest BCUT2D eigenvalue weighted by molar-refractivity contribution is 0.0527. The number of esters is 1. The van der Waals surface area contributed by atoms with Crippen molar-refractivity contribution in [3.63, 3.8) is 0 Å². The summed E-state index contributed by atoms with van der Waals surface area (Å²) >= 11 is 0. The van der Waals surface area contributed by atoms with Crippen LogP contribution >= 0.6 is 0 Å². The zero-order valence-electron chi connectivity index (χ0n) is 11.3. The van der Waals surface area contributed by atoms with E-state index < -0.39 is 17.6 Å². The number of anilines is 1. The number of carbonyl (C=O) groups excluding carboxylic acids is 1. The van der Waals surface area contributed by atoms with E-state index in [9.17, 15) is 13.6 Å². The fourth-order valence-corrected chi connectivity index (χ4v) is 1.96. The van der Waals surface area contributed by atoms with Crippen molar-refractivity contribution in [1.82, 2.24) is 4.98 Å². The fraction of sp³-hybridized carbons (Fsp3) is 0.286.